The van der Waals surface area contributed by atoms with Crippen LogP contribution in [-0.4, -0.2) is 4.05 Å². The summed E-state index contributed by atoms with van der Waals surface area (Å²) >= 11 is 2.23. The summed E-state index contributed by atoms with van der Waals surface area (Å²) in [5.74, 6) is 5.03. The van der Waals surface area contributed by atoms with E-state index in [4.69, 9.17) is 5.84 Å². The Labute approximate surface area is 51.6 Å². The number of alkyl halides is 1. The third-order valence-electron chi connectivity index (χ3n) is 0.539. The highest BCUT2D eigenvalue weighted by Crippen LogP contribution is 1.96. The van der Waals surface area contributed by atoms with E-state index >= 15 is 0 Å². The second-order valence-electron chi connectivity index (χ2n) is 1.04. The van der Waals surface area contributed by atoms with Crippen molar-refractivity contribution in [2.75, 3.05) is 0 Å². The summed E-state index contributed by atoms with van der Waals surface area (Å²) in [6.07, 6.45) is 1.08. The summed E-state index contributed by atoms with van der Waals surface area (Å²) in [5.41, 5.74) is 2.60. The molecule has 0 heterocycles. The number of nitrogens with one attached hydrogen (secondary N) is 1. The number of nitrogens with two attached hydrogens (primary N) is 1. The van der Waals surface area contributed by atoms with E-state index in [0.717, 1.165) is 6.42 Å². The Morgan fingerprint density at radius 3 is 2.50 bits per heavy atom. The normalized spacial score (nSPS) is 14.5. The number of hydrazine groups is 1. The van der Waals surface area contributed by atoms with Gasteiger partial charge in [-0.3, -0.25) is 5.84 Å². The lowest BCUT2D eigenvalue weighted by atomic mass is 10.5. The second kappa shape index (κ2) is 3.83. The Balaban J connectivity index is 2.75. The third kappa shape index (κ3) is 2.87. The Morgan fingerprint density at radius 2 is 2.50 bits per heavy atom. The molecule has 0 bridgehead atoms. The van der Waals surface area contributed by atoms with Crippen molar-refractivity contribution in [3.63, 3.8) is 0 Å². The minimum atomic E-state index is 0.433. The maximum absolute atomic E-state index is 5.03. The van der Waals surface area contributed by atoms with Crippen LogP contribution in [0, 0.1) is 0 Å². The molecule has 0 aromatic carbocycles. The van der Waals surface area contributed by atoms with E-state index in [2.05, 4.69) is 34.9 Å². The van der Waals surface area contributed by atoms with E-state index in [1.54, 1.807) is 0 Å². The number of hydrogen-bond acceptors (Lipinski definition) is 2. The number of hydrogen-bond donors (Lipinski definition) is 2. The van der Waals surface area contributed by atoms with Gasteiger partial charge in [-0.25, -0.2) is 5.43 Å². The quantitative estimate of drug-likeness (QED) is 0.225. The molecular formula is C3H9IN2. The first-order chi connectivity index (χ1) is 2.81. The van der Waals surface area contributed by atoms with Gasteiger partial charge in [0.25, 0.3) is 0 Å². The van der Waals surface area contributed by atoms with E-state index in [0.29, 0.717) is 4.05 Å². The van der Waals surface area contributed by atoms with Gasteiger partial charge in [0, 0.05) is 0 Å². The molecule has 0 aromatic rings. The van der Waals surface area contributed by atoms with Crippen molar-refractivity contribution in [3.8, 4) is 0 Å². The molecule has 0 amide bonds. The van der Waals surface area contributed by atoms with Crippen molar-refractivity contribution in [1.29, 1.82) is 0 Å². The molecule has 0 saturated carbocycles. The highest BCUT2D eigenvalue weighted by Gasteiger charge is 1.89. The fourth-order valence-corrected chi connectivity index (χ4v) is 0.118. The first-order valence-corrected chi connectivity index (χ1v) is 3.16. The standard InChI is InChI=1S/C3H9IN2/c1-2-3(4)6-5/h3,6H,2,5H2,1H3. The molecule has 0 fully saturated rings. The summed E-state index contributed by atoms with van der Waals surface area (Å²) in [6.45, 7) is 2.08. The Bertz CT molecular complexity index is 28.0. The second-order valence-corrected chi connectivity index (χ2v) is 2.55. The van der Waals surface area contributed by atoms with Gasteiger partial charge in [-0.15, -0.1) is 0 Å². The Morgan fingerprint density at radius 1 is 2.00 bits per heavy atom. The zero-order chi connectivity index (χ0) is 4.99. The topological polar surface area (TPSA) is 38.0 Å². The van der Waals surface area contributed by atoms with Gasteiger partial charge in [0.05, 0.1) is 4.05 Å². The van der Waals surface area contributed by atoms with Crippen LogP contribution in [0.1, 0.15) is 13.3 Å². The van der Waals surface area contributed by atoms with Crippen LogP contribution in [0.5, 0.6) is 0 Å². The zero-order valence-electron chi connectivity index (χ0n) is 3.74. The van der Waals surface area contributed by atoms with Crippen LogP contribution in [-0.2, 0) is 0 Å². The Hall–Kier alpha value is 0.650. The average Bonchev–Trinajstić information content (AvgIpc) is 1.65. The lowest BCUT2D eigenvalue weighted by molar-refractivity contribution is 0.689. The Kier molecular flexibility index (Phi) is 4.24. The van der Waals surface area contributed by atoms with Crippen molar-refractivity contribution in [1.82, 2.24) is 5.43 Å². The van der Waals surface area contributed by atoms with Crippen molar-refractivity contribution in [2.24, 2.45) is 5.84 Å². The molecule has 1 unspecified atom stereocenters. The molecule has 38 valence electrons. The van der Waals surface area contributed by atoms with E-state index < -0.39 is 0 Å². The van der Waals surface area contributed by atoms with E-state index in [-0.39, 0.29) is 0 Å². The molecular weight excluding hydrogens is 191 g/mol. The SMILES string of the molecule is CCC(I)NN. The van der Waals surface area contributed by atoms with Crippen LogP contribution >= 0.6 is 22.6 Å². The molecule has 0 aliphatic rings. The molecule has 2 nitrogen and oxygen atoms in total. The van der Waals surface area contributed by atoms with Gasteiger partial charge in [-0.05, 0) is 6.42 Å². The summed E-state index contributed by atoms with van der Waals surface area (Å²) in [7, 11) is 0. The molecule has 0 radical (unpaired) electrons. The smallest absolute Gasteiger partial charge is 0.0722 e. The molecule has 3 heteroatoms. The van der Waals surface area contributed by atoms with Gasteiger partial charge in [-0.2, -0.15) is 0 Å². The molecule has 3 N–H and O–H groups in total. The van der Waals surface area contributed by atoms with E-state index in [1.165, 1.54) is 0 Å². The largest absolute Gasteiger partial charge is 0.270 e. The maximum atomic E-state index is 5.03. The fourth-order valence-electron chi connectivity index (χ4n) is 0.118. The summed E-state index contributed by atoms with van der Waals surface area (Å²) < 4.78 is 0.433. The number of rotatable bonds is 2. The van der Waals surface area contributed by atoms with E-state index in [1.807, 2.05) is 0 Å². The van der Waals surface area contributed by atoms with Crippen LogP contribution in [0.25, 0.3) is 0 Å². The maximum Gasteiger partial charge on any atom is 0.0722 e. The minimum absolute atomic E-state index is 0.433. The van der Waals surface area contributed by atoms with Crippen molar-refractivity contribution in [2.45, 2.75) is 17.4 Å². The fraction of sp³-hybridized carbons (Fsp3) is 1.00. The highest BCUT2D eigenvalue weighted by atomic mass is 127. The molecule has 0 aliphatic carbocycles. The van der Waals surface area contributed by atoms with Gasteiger partial charge >= 0.3 is 0 Å². The monoisotopic (exact) mass is 200 g/mol. The van der Waals surface area contributed by atoms with Gasteiger partial charge in [0.2, 0.25) is 0 Å². The molecule has 0 rings (SSSR count). The van der Waals surface area contributed by atoms with Crippen LogP contribution in [0.2, 0.25) is 0 Å². The molecule has 1 atom stereocenters. The van der Waals surface area contributed by atoms with Crippen molar-refractivity contribution < 1.29 is 0 Å². The van der Waals surface area contributed by atoms with Gasteiger partial charge in [0.1, 0.15) is 0 Å². The predicted molar refractivity (Wildman–Crippen MR) is 35.4 cm³/mol. The lowest BCUT2D eigenvalue weighted by Gasteiger charge is -1.99. The van der Waals surface area contributed by atoms with Gasteiger partial charge < -0.3 is 0 Å². The average molecular weight is 200 g/mol. The predicted octanol–water partition coefficient (Wildman–Crippen LogP) is 0.621. The first kappa shape index (κ1) is 6.65. The zero-order valence-corrected chi connectivity index (χ0v) is 5.90. The summed E-state index contributed by atoms with van der Waals surface area (Å²) in [4.78, 5) is 0. The van der Waals surface area contributed by atoms with E-state index in [9.17, 15) is 0 Å². The summed E-state index contributed by atoms with van der Waals surface area (Å²) in [5, 5.41) is 0. The lowest BCUT2D eigenvalue weighted by Crippen LogP contribution is -2.29. The highest BCUT2D eigenvalue weighted by molar-refractivity contribution is 14.1. The molecule has 0 saturated heterocycles. The van der Waals surface area contributed by atoms with Crippen molar-refractivity contribution >= 4 is 22.6 Å². The van der Waals surface area contributed by atoms with Crippen LogP contribution < -0.4 is 11.3 Å². The molecule has 0 aromatic heterocycles. The van der Waals surface area contributed by atoms with Gasteiger partial charge in [-0.1, -0.05) is 29.5 Å². The van der Waals surface area contributed by atoms with Gasteiger partial charge in [0.15, 0.2) is 0 Å². The third-order valence-corrected chi connectivity index (χ3v) is 1.78. The first-order valence-electron chi connectivity index (χ1n) is 1.91. The van der Waals surface area contributed by atoms with Crippen molar-refractivity contribution in [3.05, 3.63) is 0 Å². The van der Waals surface area contributed by atoms with Crippen LogP contribution in [0.3, 0.4) is 0 Å². The summed E-state index contributed by atoms with van der Waals surface area (Å²) in [6, 6.07) is 0. The minimum Gasteiger partial charge on any atom is -0.270 e. The van der Waals surface area contributed by atoms with Crippen LogP contribution in [0.15, 0.2) is 0 Å². The number of halogens is 1. The molecule has 0 aliphatic heterocycles. The molecule has 0 spiro atoms. The van der Waals surface area contributed by atoms with Crippen LogP contribution in [0.4, 0.5) is 0 Å². The molecule has 6 heavy (non-hydrogen) atoms.